The number of methoxy groups -OCH3 is 1. The normalized spacial score (nSPS) is 15.2. The quantitative estimate of drug-likeness (QED) is 0.397. The number of imidazole rings is 1. The molecule has 0 bridgehead atoms. The number of H-pyrrole nitrogens is 2. The van der Waals surface area contributed by atoms with E-state index in [4.69, 9.17) is 14.7 Å². The number of ether oxygens (including phenoxy) is 1. The summed E-state index contributed by atoms with van der Waals surface area (Å²) in [6.07, 6.45) is 5.95. The van der Waals surface area contributed by atoms with Crippen LogP contribution in [0.15, 0.2) is 44.7 Å². The van der Waals surface area contributed by atoms with Gasteiger partial charge in [-0.25, -0.2) is 9.78 Å². The largest absolute Gasteiger partial charge is 0.495 e. The molecule has 10 heteroatoms. The van der Waals surface area contributed by atoms with Crippen molar-refractivity contribution < 1.29 is 9.84 Å². The summed E-state index contributed by atoms with van der Waals surface area (Å²) < 4.78 is 8.12. The van der Waals surface area contributed by atoms with Crippen molar-refractivity contribution >= 4 is 27.7 Å². The summed E-state index contributed by atoms with van der Waals surface area (Å²) in [5, 5.41) is 15.0. The number of aromatic nitrogens is 5. The van der Waals surface area contributed by atoms with E-state index in [0.717, 1.165) is 39.8 Å². The van der Waals surface area contributed by atoms with Crippen LogP contribution in [0, 0.1) is 0 Å². The van der Waals surface area contributed by atoms with Crippen molar-refractivity contribution in [3.63, 3.8) is 0 Å². The van der Waals surface area contributed by atoms with Gasteiger partial charge in [0.2, 0.25) is 5.88 Å². The van der Waals surface area contributed by atoms with Crippen LogP contribution < -0.4 is 21.1 Å². The van der Waals surface area contributed by atoms with E-state index in [2.05, 4.69) is 31.0 Å². The lowest BCUT2D eigenvalue weighted by Crippen LogP contribution is -2.20. The Kier molecular flexibility index (Phi) is 4.85. The zero-order chi connectivity index (χ0) is 21.5. The highest BCUT2D eigenvalue weighted by Gasteiger charge is 2.20. The predicted molar refractivity (Wildman–Crippen MR) is 117 cm³/mol. The summed E-state index contributed by atoms with van der Waals surface area (Å²) in [5.74, 6) is 0.530. The molecule has 3 heterocycles. The Morgan fingerprint density at radius 1 is 1.39 bits per heavy atom. The molecule has 0 amide bonds. The molecule has 1 saturated carbocycles. The van der Waals surface area contributed by atoms with Crippen LogP contribution in [-0.4, -0.2) is 42.8 Å². The van der Waals surface area contributed by atoms with E-state index in [0.29, 0.717) is 23.3 Å². The molecule has 5 rings (SSSR count). The predicted octanol–water partition coefficient (Wildman–Crippen LogP) is 1.42. The first-order chi connectivity index (χ1) is 15.0. The lowest BCUT2D eigenvalue weighted by molar-refractivity contribution is 0.407. The fourth-order valence-corrected chi connectivity index (χ4v) is 4.02. The van der Waals surface area contributed by atoms with Crippen LogP contribution in [0.3, 0.4) is 0 Å². The topological polar surface area (TPSA) is 121 Å². The zero-order valence-electron chi connectivity index (χ0n) is 16.6. The van der Waals surface area contributed by atoms with Crippen LogP contribution in [0.5, 0.6) is 11.6 Å². The first kappa shape index (κ1) is 19.6. The van der Waals surface area contributed by atoms with Gasteiger partial charge in [0.25, 0.3) is 0 Å². The number of aromatic hydroxyl groups is 1. The molecule has 9 nitrogen and oxygen atoms in total. The molecule has 0 radical (unpaired) electrons. The highest BCUT2D eigenvalue weighted by atomic mass is 79.9. The maximum atomic E-state index is 11.5. The molecule has 158 valence electrons. The number of rotatable bonds is 5. The molecule has 0 atom stereocenters. The average Bonchev–Trinajstić information content (AvgIpc) is 3.37. The molecule has 0 spiro atoms. The van der Waals surface area contributed by atoms with Gasteiger partial charge >= 0.3 is 5.69 Å². The van der Waals surface area contributed by atoms with Crippen LogP contribution in [0.1, 0.15) is 29.8 Å². The molecule has 4 aromatic rings. The minimum absolute atomic E-state index is 0.234. The molecule has 1 aliphatic carbocycles. The van der Waals surface area contributed by atoms with Crippen molar-refractivity contribution in [2.24, 2.45) is 4.99 Å². The average molecular weight is 483 g/mol. The van der Waals surface area contributed by atoms with E-state index in [-0.39, 0.29) is 11.6 Å². The number of nitrogens with zero attached hydrogens (tertiary/aromatic N) is 4. The van der Waals surface area contributed by atoms with Gasteiger partial charge in [-0.2, -0.15) is 9.61 Å². The molecule has 1 aliphatic rings. The second-order valence-electron chi connectivity index (χ2n) is 7.40. The van der Waals surface area contributed by atoms with E-state index in [1.165, 1.54) is 0 Å². The summed E-state index contributed by atoms with van der Waals surface area (Å²) in [4.78, 5) is 25.9. The van der Waals surface area contributed by atoms with E-state index in [1.54, 1.807) is 23.9 Å². The van der Waals surface area contributed by atoms with Crippen molar-refractivity contribution in [1.29, 1.82) is 0 Å². The fourth-order valence-electron chi connectivity index (χ4n) is 3.45. The van der Waals surface area contributed by atoms with Gasteiger partial charge in [-0.15, -0.1) is 0 Å². The molecular weight excluding hydrogens is 464 g/mol. The standard InChI is InChI=1S/C21H19BrN6O3/c1-31-18-11(3-2-4-15(18)22)7-14-9-17(24-13-5-6-13)28-19(25-14)12(10-23-28)8-16-20(29)27-21(30)26-16/h2-4,8-10,13,29H,5-7H2,1H3,(H2,26,27,30). The fraction of sp³-hybridized carbons (Fsp3) is 0.238. The summed E-state index contributed by atoms with van der Waals surface area (Å²) >= 11 is 3.53. The van der Waals surface area contributed by atoms with E-state index >= 15 is 0 Å². The number of nitrogens with one attached hydrogen (secondary N) is 2. The van der Waals surface area contributed by atoms with Gasteiger partial charge in [0, 0.05) is 23.3 Å². The van der Waals surface area contributed by atoms with Crippen LogP contribution >= 0.6 is 15.9 Å². The number of hydrogen-bond donors (Lipinski definition) is 3. The number of hydrogen-bond acceptors (Lipinski definition) is 6. The van der Waals surface area contributed by atoms with Crippen molar-refractivity contribution in [3.8, 4) is 11.6 Å². The third-order valence-corrected chi connectivity index (χ3v) is 5.68. The second kappa shape index (κ2) is 7.69. The van der Waals surface area contributed by atoms with Crippen LogP contribution in [-0.2, 0) is 6.42 Å². The maximum Gasteiger partial charge on any atom is 0.326 e. The number of fused-ring (bicyclic) bond motifs is 1. The van der Waals surface area contributed by atoms with Gasteiger partial charge in [0.15, 0.2) is 11.1 Å². The SMILES string of the molecule is COc1c(Br)cccc1Cc1cc(=NC2CC2)n2ncc(=Cc3[nH]c(=O)[nH]c3O)c2n1. The molecule has 0 aliphatic heterocycles. The Bertz CT molecular complexity index is 1460. The van der Waals surface area contributed by atoms with Crippen molar-refractivity contribution in [3.05, 3.63) is 73.1 Å². The Labute approximate surface area is 184 Å². The van der Waals surface area contributed by atoms with Crippen molar-refractivity contribution in [2.45, 2.75) is 25.3 Å². The molecule has 3 N–H and O–H groups in total. The van der Waals surface area contributed by atoms with Gasteiger partial charge in [-0.1, -0.05) is 12.1 Å². The van der Waals surface area contributed by atoms with Gasteiger partial charge in [-0.3, -0.25) is 9.98 Å². The van der Waals surface area contributed by atoms with Crippen molar-refractivity contribution in [1.82, 2.24) is 24.6 Å². The number of aromatic amines is 2. The van der Waals surface area contributed by atoms with Gasteiger partial charge in [-0.05, 0) is 40.9 Å². The monoisotopic (exact) mass is 482 g/mol. The van der Waals surface area contributed by atoms with Crippen LogP contribution in [0.4, 0.5) is 0 Å². The highest BCUT2D eigenvalue weighted by molar-refractivity contribution is 9.10. The zero-order valence-corrected chi connectivity index (χ0v) is 18.2. The number of benzene rings is 1. The minimum Gasteiger partial charge on any atom is -0.495 e. The lowest BCUT2D eigenvalue weighted by Gasteiger charge is -2.10. The van der Waals surface area contributed by atoms with E-state index in [9.17, 15) is 9.90 Å². The van der Waals surface area contributed by atoms with E-state index < -0.39 is 5.69 Å². The van der Waals surface area contributed by atoms with Crippen LogP contribution in [0.2, 0.25) is 0 Å². The molecule has 3 aromatic heterocycles. The molecule has 0 saturated heterocycles. The molecule has 1 aromatic carbocycles. The number of para-hydroxylation sites is 1. The smallest absolute Gasteiger partial charge is 0.326 e. The Morgan fingerprint density at radius 2 is 2.23 bits per heavy atom. The lowest BCUT2D eigenvalue weighted by atomic mass is 10.1. The summed E-state index contributed by atoms with van der Waals surface area (Å²) in [5.41, 5.74) is 2.89. The summed E-state index contributed by atoms with van der Waals surface area (Å²) in [6.45, 7) is 0. The van der Waals surface area contributed by atoms with Crippen LogP contribution in [0.25, 0.3) is 11.7 Å². The Balaban J connectivity index is 1.69. The third kappa shape index (κ3) is 3.86. The summed E-state index contributed by atoms with van der Waals surface area (Å²) in [6, 6.07) is 8.14. The van der Waals surface area contributed by atoms with Gasteiger partial charge in [0.05, 0.1) is 29.5 Å². The van der Waals surface area contributed by atoms with Gasteiger partial charge < -0.3 is 14.8 Å². The Morgan fingerprint density at radius 3 is 2.94 bits per heavy atom. The third-order valence-electron chi connectivity index (χ3n) is 5.05. The first-order valence-corrected chi connectivity index (χ1v) is 10.6. The number of halogens is 1. The van der Waals surface area contributed by atoms with Crippen molar-refractivity contribution in [2.75, 3.05) is 7.11 Å². The second-order valence-corrected chi connectivity index (χ2v) is 8.25. The van der Waals surface area contributed by atoms with E-state index in [1.807, 2.05) is 24.3 Å². The molecular formula is C21H19BrN6O3. The molecule has 1 fully saturated rings. The van der Waals surface area contributed by atoms with Gasteiger partial charge in [0.1, 0.15) is 11.4 Å². The molecule has 0 unspecified atom stereocenters. The Hall–Kier alpha value is -3.40. The highest BCUT2D eigenvalue weighted by Crippen LogP contribution is 2.30. The summed E-state index contributed by atoms with van der Waals surface area (Å²) in [7, 11) is 1.64. The molecule has 31 heavy (non-hydrogen) atoms. The maximum absolute atomic E-state index is 11.5. The minimum atomic E-state index is -0.486. The first-order valence-electron chi connectivity index (χ1n) is 9.77.